The molecule has 108 valence electrons. The van der Waals surface area contributed by atoms with Crippen LogP contribution in [-0.2, 0) is 13.6 Å². The van der Waals surface area contributed by atoms with Gasteiger partial charge in [-0.25, -0.2) is 0 Å². The summed E-state index contributed by atoms with van der Waals surface area (Å²) in [7, 11) is 1.84. The van der Waals surface area contributed by atoms with Crippen LogP contribution in [0.5, 0.6) is 0 Å². The Hall–Kier alpha value is -1.36. The molecule has 0 saturated carbocycles. The number of benzene rings is 1. The molecule has 2 aromatic rings. The van der Waals surface area contributed by atoms with Crippen molar-refractivity contribution >= 4 is 11.6 Å². The first-order valence-electron chi connectivity index (χ1n) is 6.71. The lowest BCUT2D eigenvalue weighted by Gasteiger charge is -2.10. The van der Waals surface area contributed by atoms with Gasteiger partial charge in [0.25, 0.3) is 0 Å². The maximum atomic E-state index is 9.04. The highest BCUT2D eigenvalue weighted by molar-refractivity contribution is 6.30. The molecular formula is C15H20ClN3O. The van der Waals surface area contributed by atoms with E-state index < -0.39 is 0 Å². The molecule has 1 atom stereocenters. The predicted octanol–water partition coefficient (Wildman–Crippen LogP) is 2.46. The SMILES string of the molecule is CC(CO)CNCc1c(-c2ccccc2)nn(C)c1Cl. The van der Waals surface area contributed by atoms with Gasteiger partial charge in [0.05, 0.1) is 5.69 Å². The van der Waals surface area contributed by atoms with Gasteiger partial charge in [-0.1, -0.05) is 48.9 Å². The maximum Gasteiger partial charge on any atom is 0.131 e. The molecule has 0 aliphatic rings. The van der Waals surface area contributed by atoms with Crippen LogP contribution in [0.15, 0.2) is 30.3 Å². The Morgan fingerprint density at radius 2 is 2.05 bits per heavy atom. The van der Waals surface area contributed by atoms with Gasteiger partial charge in [0.1, 0.15) is 5.15 Å². The number of nitrogens with one attached hydrogen (secondary N) is 1. The number of hydrogen-bond acceptors (Lipinski definition) is 3. The number of aliphatic hydroxyl groups is 1. The van der Waals surface area contributed by atoms with Crippen molar-refractivity contribution in [2.75, 3.05) is 13.2 Å². The minimum atomic E-state index is 0.180. The highest BCUT2D eigenvalue weighted by Crippen LogP contribution is 2.27. The van der Waals surface area contributed by atoms with Crippen LogP contribution in [0.4, 0.5) is 0 Å². The molecule has 1 unspecified atom stereocenters. The number of aryl methyl sites for hydroxylation is 1. The standard InChI is InChI=1S/C15H20ClN3O/c1-11(10-20)8-17-9-13-14(18-19(2)15(13)16)12-6-4-3-5-7-12/h3-7,11,17,20H,8-10H2,1-2H3. The summed E-state index contributed by atoms with van der Waals surface area (Å²) in [6.07, 6.45) is 0. The fraction of sp³-hybridized carbons (Fsp3) is 0.400. The molecule has 0 saturated heterocycles. The lowest BCUT2D eigenvalue weighted by molar-refractivity contribution is 0.233. The van der Waals surface area contributed by atoms with Crippen molar-refractivity contribution in [3.63, 3.8) is 0 Å². The highest BCUT2D eigenvalue weighted by atomic mass is 35.5. The summed E-state index contributed by atoms with van der Waals surface area (Å²) in [6, 6.07) is 10.0. The van der Waals surface area contributed by atoms with Crippen LogP contribution >= 0.6 is 11.6 Å². The number of rotatable bonds is 6. The van der Waals surface area contributed by atoms with Gasteiger partial charge < -0.3 is 10.4 Å². The van der Waals surface area contributed by atoms with E-state index in [1.165, 1.54) is 0 Å². The smallest absolute Gasteiger partial charge is 0.131 e. The average Bonchev–Trinajstić information content (AvgIpc) is 2.76. The second-order valence-corrected chi connectivity index (χ2v) is 5.38. The molecule has 1 aromatic heterocycles. The first-order chi connectivity index (χ1) is 9.63. The molecule has 20 heavy (non-hydrogen) atoms. The predicted molar refractivity (Wildman–Crippen MR) is 81.6 cm³/mol. The summed E-state index contributed by atoms with van der Waals surface area (Å²) in [5.41, 5.74) is 2.95. The molecule has 0 bridgehead atoms. The van der Waals surface area contributed by atoms with Crippen LogP contribution < -0.4 is 5.32 Å². The third-order valence-corrected chi connectivity index (χ3v) is 3.70. The second-order valence-electron chi connectivity index (χ2n) is 5.03. The third-order valence-electron chi connectivity index (χ3n) is 3.22. The lowest BCUT2D eigenvalue weighted by Crippen LogP contribution is -2.23. The molecule has 5 heteroatoms. The highest BCUT2D eigenvalue weighted by Gasteiger charge is 2.15. The minimum Gasteiger partial charge on any atom is -0.396 e. The number of aromatic nitrogens is 2. The number of aliphatic hydroxyl groups excluding tert-OH is 1. The van der Waals surface area contributed by atoms with Crippen LogP contribution in [0.25, 0.3) is 11.3 Å². The molecule has 0 aliphatic carbocycles. The zero-order valence-corrected chi connectivity index (χ0v) is 12.6. The minimum absolute atomic E-state index is 0.180. The summed E-state index contributed by atoms with van der Waals surface area (Å²) in [6.45, 7) is 3.56. The molecule has 0 aliphatic heterocycles. The largest absolute Gasteiger partial charge is 0.396 e. The Kier molecular flexibility index (Phi) is 5.17. The Morgan fingerprint density at radius 1 is 1.35 bits per heavy atom. The molecule has 1 heterocycles. The van der Waals surface area contributed by atoms with Crippen molar-refractivity contribution < 1.29 is 5.11 Å². The number of nitrogens with zero attached hydrogens (tertiary/aromatic N) is 2. The summed E-state index contributed by atoms with van der Waals surface area (Å²) < 4.78 is 1.69. The van der Waals surface area contributed by atoms with Gasteiger partial charge in [0.2, 0.25) is 0 Å². The van der Waals surface area contributed by atoms with Crippen LogP contribution in [0.1, 0.15) is 12.5 Å². The molecule has 4 nitrogen and oxygen atoms in total. The van der Waals surface area contributed by atoms with Gasteiger partial charge in [0, 0.05) is 37.9 Å². The fourth-order valence-electron chi connectivity index (χ4n) is 2.04. The number of hydrogen-bond donors (Lipinski definition) is 2. The van der Waals surface area contributed by atoms with E-state index in [4.69, 9.17) is 16.7 Å². The first-order valence-corrected chi connectivity index (χ1v) is 7.09. The molecule has 0 radical (unpaired) electrons. The van der Waals surface area contributed by atoms with Crippen molar-refractivity contribution in [2.24, 2.45) is 13.0 Å². The maximum absolute atomic E-state index is 9.04. The lowest BCUT2D eigenvalue weighted by atomic mass is 10.1. The first kappa shape index (κ1) is 15.0. The van der Waals surface area contributed by atoms with Gasteiger partial charge >= 0.3 is 0 Å². The van der Waals surface area contributed by atoms with E-state index in [-0.39, 0.29) is 12.5 Å². The van der Waals surface area contributed by atoms with Crippen LogP contribution in [0.3, 0.4) is 0 Å². The molecule has 2 N–H and O–H groups in total. The van der Waals surface area contributed by atoms with Crippen molar-refractivity contribution in [1.29, 1.82) is 0 Å². The van der Waals surface area contributed by atoms with Crippen molar-refractivity contribution in [3.05, 3.63) is 41.0 Å². The van der Waals surface area contributed by atoms with Gasteiger partial charge in [-0.3, -0.25) is 4.68 Å². The van der Waals surface area contributed by atoms with E-state index in [0.717, 1.165) is 23.4 Å². The van der Waals surface area contributed by atoms with Crippen LogP contribution in [-0.4, -0.2) is 28.0 Å². The van der Waals surface area contributed by atoms with Crippen LogP contribution in [0, 0.1) is 5.92 Å². The van der Waals surface area contributed by atoms with Crippen molar-refractivity contribution in [2.45, 2.75) is 13.5 Å². The van der Waals surface area contributed by atoms with Gasteiger partial charge in [0.15, 0.2) is 0 Å². The van der Waals surface area contributed by atoms with Gasteiger partial charge in [-0.15, -0.1) is 0 Å². The van der Waals surface area contributed by atoms with Gasteiger partial charge in [-0.05, 0) is 5.92 Å². The number of halogens is 1. The Balaban J connectivity index is 2.19. The van der Waals surface area contributed by atoms with E-state index in [9.17, 15) is 0 Å². The zero-order chi connectivity index (χ0) is 14.5. The average molecular weight is 294 g/mol. The summed E-state index contributed by atoms with van der Waals surface area (Å²) in [5.74, 6) is 0.227. The molecule has 0 amide bonds. The molecule has 2 rings (SSSR count). The third kappa shape index (κ3) is 3.39. The fourth-order valence-corrected chi connectivity index (χ4v) is 2.23. The van der Waals surface area contributed by atoms with Crippen molar-refractivity contribution in [3.8, 4) is 11.3 Å². The van der Waals surface area contributed by atoms with E-state index in [2.05, 4.69) is 10.4 Å². The van der Waals surface area contributed by atoms with E-state index in [1.807, 2.05) is 44.3 Å². The summed E-state index contributed by atoms with van der Waals surface area (Å²) in [4.78, 5) is 0. The van der Waals surface area contributed by atoms with E-state index in [0.29, 0.717) is 11.7 Å². The molecule has 0 fully saturated rings. The quantitative estimate of drug-likeness (QED) is 0.860. The van der Waals surface area contributed by atoms with E-state index in [1.54, 1.807) is 4.68 Å². The molecule has 0 spiro atoms. The normalized spacial score (nSPS) is 12.6. The molecule has 1 aromatic carbocycles. The Labute approximate surface area is 124 Å². The van der Waals surface area contributed by atoms with Gasteiger partial charge in [-0.2, -0.15) is 5.10 Å². The zero-order valence-electron chi connectivity index (χ0n) is 11.8. The summed E-state index contributed by atoms with van der Waals surface area (Å²) >= 11 is 6.32. The summed E-state index contributed by atoms with van der Waals surface area (Å²) in [5, 5.41) is 17.5. The van der Waals surface area contributed by atoms with Crippen molar-refractivity contribution in [1.82, 2.24) is 15.1 Å². The monoisotopic (exact) mass is 293 g/mol. The Bertz CT molecular complexity index is 554. The second kappa shape index (κ2) is 6.88. The topological polar surface area (TPSA) is 50.1 Å². The molecular weight excluding hydrogens is 274 g/mol. The van der Waals surface area contributed by atoms with E-state index >= 15 is 0 Å². The Morgan fingerprint density at radius 3 is 2.70 bits per heavy atom. The van der Waals surface area contributed by atoms with Crippen LogP contribution in [0.2, 0.25) is 5.15 Å².